The van der Waals surface area contributed by atoms with Crippen LogP contribution in [-0.4, -0.2) is 38.0 Å². The first-order valence-corrected chi connectivity index (χ1v) is 9.51. The number of sulfonamides is 1. The molecule has 2 rings (SSSR count). The molecule has 0 spiro atoms. The highest BCUT2D eigenvalue weighted by molar-refractivity contribution is 7.99. The van der Waals surface area contributed by atoms with Gasteiger partial charge in [-0.3, -0.25) is 0 Å². The SMILES string of the molecule is CNc1cc(S(=O)(=O)NC2CCC(SC)CC2)ccn1. The fraction of sp³-hybridized carbons (Fsp3) is 0.615. The van der Waals surface area contributed by atoms with E-state index in [1.165, 1.54) is 12.3 Å². The molecule has 1 saturated carbocycles. The molecular weight excluding hydrogens is 294 g/mol. The maximum Gasteiger partial charge on any atom is 0.241 e. The monoisotopic (exact) mass is 315 g/mol. The second-order valence-corrected chi connectivity index (χ2v) is 7.81. The van der Waals surface area contributed by atoms with Gasteiger partial charge in [0.15, 0.2) is 0 Å². The summed E-state index contributed by atoms with van der Waals surface area (Å²) in [6.45, 7) is 0. The summed E-state index contributed by atoms with van der Waals surface area (Å²) in [7, 11) is -1.74. The molecule has 0 unspecified atom stereocenters. The summed E-state index contributed by atoms with van der Waals surface area (Å²) in [6.07, 6.45) is 7.60. The molecule has 5 nitrogen and oxygen atoms in total. The van der Waals surface area contributed by atoms with Crippen LogP contribution in [0, 0.1) is 0 Å². The first-order valence-electron chi connectivity index (χ1n) is 6.74. The normalized spacial score (nSPS) is 23.5. The van der Waals surface area contributed by atoms with E-state index in [1.807, 2.05) is 11.8 Å². The van der Waals surface area contributed by atoms with E-state index in [0.717, 1.165) is 25.7 Å². The molecule has 0 radical (unpaired) electrons. The van der Waals surface area contributed by atoms with Crippen LogP contribution in [0.4, 0.5) is 5.82 Å². The van der Waals surface area contributed by atoms with Gasteiger partial charge < -0.3 is 5.32 Å². The summed E-state index contributed by atoms with van der Waals surface area (Å²) in [4.78, 5) is 4.30. The Morgan fingerprint density at radius 2 is 2.00 bits per heavy atom. The number of nitrogens with zero attached hydrogens (tertiary/aromatic N) is 1. The molecule has 1 aromatic rings. The van der Waals surface area contributed by atoms with Crippen molar-refractivity contribution in [1.82, 2.24) is 9.71 Å². The third-order valence-corrected chi connectivity index (χ3v) is 6.28. The minimum absolute atomic E-state index is 0.0506. The zero-order valence-corrected chi connectivity index (χ0v) is 13.4. The third kappa shape index (κ3) is 3.86. The quantitative estimate of drug-likeness (QED) is 0.870. The summed E-state index contributed by atoms with van der Waals surface area (Å²) in [5.74, 6) is 0.555. The Balaban J connectivity index is 2.04. The topological polar surface area (TPSA) is 71.1 Å². The Bertz CT molecular complexity index is 540. The number of pyridine rings is 1. The fourth-order valence-corrected chi connectivity index (χ4v) is 4.48. The van der Waals surface area contributed by atoms with Gasteiger partial charge >= 0.3 is 0 Å². The number of rotatable bonds is 5. The van der Waals surface area contributed by atoms with E-state index in [-0.39, 0.29) is 10.9 Å². The van der Waals surface area contributed by atoms with E-state index in [2.05, 4.69) is 21.3 Å². The highest BCUT2D eigenvalue weighted by Crippen LogP contribution is 2.27. The molecule has 0 aliphatic heterocycles. The minimum atomic E-state index is -3.45. The molecule has 20 heavy (non-hydrogen) atoms. The summed E-state index contributed by atoms with van der Waals surface area (Å²) in [5, 5.41) is 3.52. The highest BCUT2D eigenvalue weighted by atomic mass is 32.2. The van der Waals surface area contributed by atoms with Gasteiger partial charge in [0.25, 0.3) is 0 Å². The van der Waals surface area contributed by atoms with Gasteiger partial charge in [-0.1, -0.05) is 0 Å². The number of hydrogen-bond donors (Lipinski definition) is 2. The summed E-state index contributed by atoms with van der Waals surface area (Å²) < 4.78 is 27.5. The third-order valence-electron chi connectivity index (χ3n) is 3.63. The highest BCUT2D eigenvalue weighted by Gasteiger charge is 2.25. The molecule has 1 aromatic heterocycles. The van der Waals surface area contributed by atoms with Crippen molar-refractivity contribution in [1.29, 1.82) is 0 Å². The Morgan fingerprint density at radius 1 is 1.30 bits per heavy atom. The summed E-state index contributed by atoms with van der Waals surface area (Å²) in [5.41, 5.74) is 0. The van der Waals surface area contributed by atoms with Gasteiger partial charge in [0, 0.05) is 30.6 Å². The smallest absolute Gasteiger partial charge is 0.241 e. The molecule has 112 valence electrons. The lowest BCUT2D eigenvalue weighted by atomic mass is 9.96. The van der Waals surface area contributed by atoms with Crippen molar-refractivity contribution in [3.63, 3.8) is 0 Å². The van der Waals surface area contributed by atoms with Crippen LogP contribution >= 0.6 is 11.8 Å². The largest absolute Gasteiger partial charge is 0.373 e. The number of aromatic nitrogens is 1. The predicted molar refractivity (Wildman–Crippen MR) is 83.7 cm³/mol. The lowest BCUT2D eigenvalue weighted by Crippen LogP contribution is -2.38. The number of thioether (sulfide) groups is 1. The lowest BCUT2D eigenvalue weighted by Gasteiger charge is -2.27. The van der Waals surface area contributed by atoms with Crippen LogP contribution in [0.1, 0.15) is 25.7 Å². The van der Waals surface area contributed by atoms with Crippen molar-refractivity contribution in [3.05, 3.63) is 18.3 Å². The zero-order valence-electron chi connectivity index (χ0n) is 11.8. The number of hydrogen-bond acceptors (Lipinski definition) is 5. The first kappa shape index (κ1) is 15.6. The van der Waals surface area contributed by atoms with Crippen molar-refractivity contribution >= 4 is 27.6 Å². The van der Waals surface area contributed by atoms with Crippen LogP contribution in [0.3, 0.4) is 0 Å². The molecule has 1 fully saturated rings. The van der Waals surface area contributed by atoms with E-state index in [1.54, 1.807) is 13.1 Å². The van der Waals surface area contributed by atoms with Crippen LogP contribution in [-0.2, 0) is 10.0 Å². The summed E-state index contributed by atoms with van der Waals surface area (Å²) in [6, 6.07) is 3.13. The molecule has 0 amide bonds. The molecule has 0 bridgehead atoms. The van der Waals surface area contributed by atoms with Gasteiger partial charge in [0.2, 0.25) is 10.0 Å². The molecule has 7 heteroatoms. The van der Waals surface area contributed by atoms with E-state index < -0.39 is 10.0 Å². The molecular formula is C13H21N3O2S2. The Kier molecular flexibility index (Phi) is 5.29. The van der Waals surface area contributed by atoms with Crippen LogP contribution in [0.25, 0.3) is 0 Å². The second-order valence-electron chi connectivity index (χ2n) is 4.96. The molecule has 1 aliphatic carbocycles. The first-order chi connectivity index (χ1) is 9.55. The minimum Gasteiger partial charge on any atom is -0.373 e. The van der Waals surface area contributed by atoms with Crippen LogP contribution in [0.5, 0.6) is 0 Å². The van der Waals surface area contributed by atoms with E-state index >= 15 is 0 Å². The molecule has 1 heterocycles. The van der Waals surface area contributed by atoms with Gasteiger partial charge in [-0.05, 0) is 38.0 Å². The van der Waals surface area contributed by atoms with Crippen molar-refractivity contribution < 1.29 is 8.42 Å². The van der Waals surface area contributed by atoms with Gasteiger partial charge in [0.1, 0.15) is 5.82 Å². The van der Waals surface area contributed by atoms with Crippen molar-refractivity contribution in [2.24, 2.45) is 0 Å². The van der Waals surface area contributed by atoms with Crippen LogP contribution in [0.2, 0.25) is 0 Å². The zero-order chi connectivity index (χ0) is 14.6. The van der Waals surface area contributed by atoms with E-state index in [0.29, 0.717) is 11.1 Å². The molecule has 0 atom stereocenters. The standard InChI is InChI=1S/C13H21N3O2S2/c1-14-13-9-12(7-8-15-13)20(17,18)16-10-3-5-11(19-2)6-4-10/h7-11,16H,3-6H2,1-2H3,(H,14,15). The number of nitrogens with one attached hydrogen (secondary N) is 2. The van der Waals surface area contributed by atoms with E-state index in [4.69, 9.17) is 0 Å². The molecule has 0 aromatic carbocycles. The second kappa shape index (κ2) is 6.78. The average molecular weight is 315 g/mol. The Labute approximate surface area is 125 Å². The Hall–Kier alpha value is -0.790. The van der Waals surface area contributed by atoms with Crippen molar-refractivity contribution in [2.45, 2.75) is 41.9 Å². The van der Waals surface area contributed by atoms with Crippen molar-refractivity contribution in [2.75, 3.05) is 18.6 Å². The molecule has 2 N–H and O–H groups in total. The van der Waals surface area contributed by atoms with Crippen molar-refractivity contribution in [3.8, 4) is 0 Å². The lowest BCUT2D eigenvalue weighted by molar-refractivity contribution is 0.420. The predicted octanol–water partition coefficient (Wildman–Crippen LogP) is 2.08. The van der Waals surface area contributed by atoms with Gasteiger partial charge in [-0.2, -0.15) is 11.8 Å². The molecule has 0 saturated heterocycles. The molecule has 1 aliphatic rings. The summed E-state index contributed by atoms with van der Waals surface area (Å²) >= 11 is 1.87. The van der Waals surface area contributed by atoms with Gasteiger partial charge in [0.05, 0.1) is 4.90 Å². The average Bonchev–Trinajstić information content (AvgIpc) is 2.48. The van der Waals surface area contributed by atoms with E-state index in [9.17, 15) is 8.42 Å². The Morgan fingerprint density at radius 3 is 2.60 bits per heavy atom. The van der Waals surface area contributed by atoms with Gasteiger partial charge in [-0.25, -0.2) is 18.1 Å². The fourth-order valence-electron chi connectivity index (χ4n) is 2.42. The van der Waals surface area contributed by atoms with Crippen LogP contribution < -0.4 is 10.0 Å². The maximum absolute atomic E-state index is 12.3. The van der Waals surface area contributed by atoms with Crippen LogP contribution in [0.15, 0.2) is 23.2 Å². The number of anilines is 1. The maximum atomic E-state index is 12.3. The van der Waals surface area contributed by atoms with Gasteiger partial charge in [-0.15, -0.1) is 0 Å².